The van der Waals surface area contributed by atoms with Gasteiger partial charge in [0.05, 0.1) is 12.8 Å². The van der Waals surface area contributed by atoms with Crippen LogP contribution < -0.4 is 0 Å². The minimum absolute atomic E-state index is 0.118. The summed E-state index contributed by atoms with van der Waals surface area (Å²) in [6, 6.07) is 0. The van der Waals surface area contributed by atoms with Crippen molar-refractivity contribution in [1.29, 1.82) is 0 Å². The lowest BCUT2D eigenvalue weighted by atomic mass is 10.1. The molecule has 2 rings (SSSR count). The Hall–Kier alpha value is -1.23. The summed E-state index contributed by atoms with van der Waals surface area (Å²) in [6.45, 7) is 3.95. The molecule has 3 atom stereocenters. The van der Waals surface area contributed by atoms with Crippen LogP contribution in [0.4, 0.5) is 0 Å². The molecule has 0 amide bonds. The first-order chi connectivity index (χ1) is 7.12. The average Bonchev–Trinajstić information content (AvgIpc) is 2.49. The second kappa shape index (κ2) is 3.73. The van der Waals surface area contributed by atoms with Crippen LogP contribution in [0.2, 0.25) is 0 Å². The third kappa shape index (κ3) is 2.07. The molecule has 0 aromatic carbocycles. The Morgan fingerprint density at radius 2 is 2.27 bits per heavy atom. The van der Waals surface area contributed by atoms with Gasteiger partial charge in [-0.05, 0) is 25.5 Å². The second-order valence-electron chi connectivity index (χ2n) is 3.98. The summed E-state index contributed by atoms with van der Waals surface area (Å²) in [6.07, 6.45) is 2.80. The maximum absolute atomic E-state index is 8.25. The summed E-state index contributed by atoms with van der Waals surface area (Å²) in [5.74, 6) is -0.609. The molecule has 0 radical (unpaired) electrons. The molecule has 1 saturated heterocycles. The summed E-state index contributed by atoms with van der Waals surface area (Å²) >= 11 is 0. The summed E-state index contributed by atoms with van der Waals surface area (Å²) in [7, 11) is 0. The zero-order valence-electron chi connectivity index (χ0n) is 8.66. The van der Waals surface area contributed by atoms with E-state index in [-0.39, 0.29) is 24.9 Å². The molecule has 0 unspecified atom stereocenters. The minimum Gasteiger partial charge on any atom is -0.495 e. The molecule has 0 bridgehead atoms. The van der Waals surface area contributed by atoms with Crippen LogP contribution in [-0.4, -0.2) is 30.6 Å². The molecule has 2 aliphatic heterocycles. The van der Waals surface area contributed by atoms with E-state index in [1.807, 2.05) is 19.9 Å². The number of nitrogens with zero attached hydrogens (tertiary/aromatic N) is 3. The molecule has 0 aromatic rings. The Morgan fingerprint density at radius 1 is 1.47 bits per heavy atom. The molecule has 6 nitrogen and oxygen atoms in total. The van der Waals surface area contributed by atoms with Crippen molar-refractivity contribution in [3.05, 3.63) is 22.8 Å². The molecule has 6 heteroatoms. The van der Waals surface area contributed by atoms with Gasteiger partial charge >= 0.3 is 0 Å². The highest BCUT2D eigenvalue weighted by Gasteiger charge is 2.46. The van der Waals surface area contributed by atoms with Gasteiger partial charge < -0.3 is 14.2 Å². The highest BCUT2D eigenvalue weighted by molar-refractivity contribution is 5.03. The van der Waals surface area contributed by atoms with E-state index in [1.54, 1.807) is 6.26 Å². The fraction of sp³-hybridized carbons (Fsp3) is 0.778. The predicted octanol–water partition coefficient (Wildman–Crippen LogP) is 1.73. The van der Waals surface area contributed by atoms with Gasteiger partial charge in [0, 0.05) is 4.91 Å². The Balaban J connectivity index is 2.10. The largest absolute Gasteiger partial charge is 0.495 e. The molecule has 2 aliphatic rings. The lowest BCUT2D eigenvalue weighted by Crippen LogP contribution is -2.40. The van der Waals surface area contributed by atoms with Gasteiger partial charge in [-0.1, -0.05) is 5.11 Å². The smallest absolute Gasteiger partial charge is 0.164 e. The zero-order chi connectivity index (χ0) is 10.9. The minimum atomic E-state index is -0.609. The van der Waals surface area contributed by atoms with E-state index in [9.17, 15) is 0 Å². The lowest BCUT2D eigenvalue weighted by Gasteiger charge is -2.26. The van der Waals surface area contributed by atoms with Gasteiger partial charge in [-0.2, -0.15) is 0 Å². The van der Waals surface area contributed by atoms with Crippen molar-refractivity contribution < 1.29 is 14.2 Å². The van der Waals surface area contributed by atoms with Crippen LogP contribution in [-0.2, 0) is 14.2 Å². The first-order valence-electron chi connectivity index (χ1n) is 4.81. The normalized spacial score (nSPS) is 36.5. The summed E-state index contributed by atoms with van der Waals surface area (Å²) < 4.78 is 16.7. The van der Waals surface area contributed by atoms with Crippen molar-refractivity contribution >= 4 is 0 Å². The summed E-state index contributed by atoms with van der Waals surface area (Å²) in [5.41, 5.74) is 8.25. The van der Waals surface area contributed by atoms with E-state index in [1.165, 1.54) is 0 Å². The number of hydrogen-bond donors (Lipinski definition) is 0. The van der Waals surface area contributed by atoms with E-state index in [0.29, 0.717) is 0 Å². The number of azide groups is 1. The Bertz CT molecular complexity index is 323. The van der Waals surface area contributed by atoms with Gasteiger partial charge in [0.1, 0.15) is 18.3 Å². The molecule has 82 valence electrons. The van der Waals surface area contributed by atoms with E-state index < -0.39 is 5.79 Å². The molecule has 0 aromatic heterocycles. The second-order valence-corrected chi connectivity index (χ2v) is 3.98. The van der Waals surface area contributed by atoms with E-state index >= 15 is 0 Å². The van der Waals surface area contributed by atoms with Crippen LogP contribution in [0.25, 0.3) is 10.4 Å². The van der Waals surface area contributed by atoms with Crippen molar-refractivity contribution in [1.82, 2.24) is 0 Å². The van der Waals surface area contributed by atoms with Crippen molar-refractivity contribution in [2.45, 2.75) is 37.9 Å². The van der Waals surface area contributed by atoms with Crippen molar-refractivity contribution in [3.8, 4) is 0 Å². The Kier molecular flexibility index (Phi) is 2.56. The van der Waals surface area contributed by atoms with Gasteiger partial charge in [-0.25, -0.2) is 0 Å². The fourth-order valence-corrected chi connectivity index (χ4v) is 1.82. The van der Waals surface area contributed by atoms with Crippen molar-refractivity contribution in [2.75, 3.05) is 6.54 Å². The molecule has 0 N–H and O–H groups in total. The van der Waals surface area contributed by atoms with Gasteiger partial charge in [-0.3, -0.25) is 0 Å². The van der Waals surface area contributed by atoms with Crippen molar-refractivity contribution in [2.24, 2.45) is 5.11 Å². The molecule has 0 spiro atoms. The van der Waals surface area contributed by atoms with Crippen LogP contribution in [0, 0.1) is 0 Å². The predicted molar refractivity (Wildman–Crippen MR) is 51.9 cm³/mol. The molecule has 15 heavy (non-hydrogen) atoms. The maximum atomic E-state index is 8.25. The van der Waals surface area contributed by atoms with Crippen LogP contribution >= 0.6 is 0 Å². The average molecular weight is 211 g/mol. The lowest BCUT2D eigenvalue weighted by molar-refractivity contribution is -0.151. The maximum Gasteiger partial charge on any atom is 0.164 e. The number of rotatable bonds is 2. The summed E-state index contributed by atoms with van der Waals surface area (Å²) in [5, 5.41) is 3.49. The number of ether oxygens (including phenoxy) is 3. The zero-order valence-corrected chi connectivity index (χ0v) is 8.66. The molecular weight excluding hydrogens is 198 g/mol. The third-order valence-corrected chi connectivity index (χ3v) is 2.38. The van der Waals surface area contributed by atoms with Crippen LogP contribution in [0.15, 0.2) is 17.5 Å². The number of hydrogen-bond acceptors (Lipinski definition) is 4. The van der Waals surface area contributed by atoms with Crippen LogP contribution in [0.1, 0.15) is 13.8 Å². The third-order valence-electron chi connectivity index (χ3n) is 2.38. The highest BCUT2D eigenvalue weighted by Crippen LogP contribution is 2.33. The molecular formula is C9H13N3O3. The Labute approximate surface area is 87.4 Å². The van der Waals surface area contributed by atoms with E-state index in [0.717, 1.165) is 0 Å². The van der Waals surface area contributed by atoms with Crippen LogP contribution in [0.5, 0.6) is 0 Å². The standard InChI is InChI=1S/C9H13N3O3/c1-9(2)14-6-3-4-13-7(5-11-12-10)8(6)15-9/h3-4,6-8H,5H2,1-2H3/t6-,7-,8-/m1/s1. The van der Waals surface area contributed by atoms with Gasteiger partial charge in [0.2, 0.25) is 0 Å². The first kappa shape index (κ1) is 10.3. The van der Waals surface area contributed by atoms with Gasteiger partial charge in [0.25, 0.3) is 0 Å². The molecule has 2 heterocycles. The van der Waals surface area contributed by atoms with E-state index in [2.05, 4.69) is 10.0 Å². The van der Waals surface area contributed by atoms with E-state index in [4.69, 9.17) is 19.7 Å². The quantitative estimate of drug-likeness (QED) is 0.396. The van der Waals surface area contributed by atoms with Crippen molar-refractivity contribution in [3.63, 3.8) is 0 Å². The fourth-order valence-electron chi connectivity index (χ4n) is 1.82. The highest BCUT2D eigenvalue weighted by atomic mass is 16.8. The van der Waals surface area contributed by atoms with Gasteiger partial charge in [0.15, 0.2) is 5.79 Å². The number of fused-ring (bicyclic) bond motifs is 1. The monoisotopic (exact) mass is 211 g/mol. The Morgan fingerprint density at radius 3 is 3.00 bits per heavy atom. The molecule has 1 fully saturated rings. The SMILES string of the molecule is CC1(C)O[C@@H]2[C@@H](C=CO[C@@H]2CN=[N+]=[N-])O1. The summed E-state index contributed by atoms with van der Waals surface area (Å²) in [4.78, 5) is 2.70. The van der Waals surface area contributed by atoms with Gasteiger partial charge in [-0.15, -0.1) is 0 Å². The van der Waals surface area contributed by atoms with Crippen LogP contribution in [0.3, 0.4) is 0 Å². The first-order valence-corrected chi connectivity index (χ1v) is 4.81. The molecule has 0 aliphatic carbocycles. The molecule has 0 saturated carbocycles. The topological polar surface area (TPSA) is 76.5 Å².